The van der Waals surface area contributed by atoms with Crippen LogP contribution in [0.4, 0.5) is 18.9 Å². The average molecular weight is 474 g/mol. The lowest BCUT2D eigenvalue weighted by atomic mass is 10.1. The van der Waals surface area contributed by atoms with E-state index >= 15 is 0 Å². The molecule has 2 aromatic carbocycles. The molecule has 0 saturated carbocycles. The Hall–Kier alpha value is -3.65. The van der Waals surface area contributed by atoms with Crippen molar-refractivity contribution in [1.29, 1.82) is 0 Å². The summed E-state index contributed by atoms with van der Waals surface area (Å²) >= 11 is 6.09. The van der Waals surface area contributed by atoms with Crippen molar-refractivity contribution in [3.63, 3.8) is 0 Å². The number of allylic oxidation sites excluding steroid dienone is 2. The van der Waals surface area contributed by atoms with E-state index in [0.717, 1.165) is 11.8 Å². The second-order valence-electron chi connectivity index (χ2n) is 6.83. The molecule has 0 aliphatic heterocycles. The molecule has 0 atom stereocenters. The molecule has 0 unspecified atom stereocenters. The number of ether oxygens (including phenoxy) is 1. The zero-order chi connectivity index (χ0) is 23.8. The minimum atomic E-state index is -4.72. The molecule has 2 N–H and O–H groups in total. The fourth-order valence-electron chi connectivity index (χ4n) is 2.74. The molecule has 33 heavy (non-hydrogen) atoms. The lowest BCUT2D eigenvalue weighted by molar-refractivity contribution is -0.0925. The van der Waals surface area contributed by atoms with Crippen molar-refractivity contribution in [2.45, 2.75) is 12.6 Å². The molecule has 0 aliphatic carbocycles. The van der Waals surface area contributed by atoms with Crippen molar-refractivity contribution in [3.8, 4) is 0 Å². The highest BCUT2D eigenvalue weighted by Crippen LogP contribution is 2.27. The molecule has 170 valence electrons. The zero-order valence-electron chi connectivity index (χ0n) is 17.2. The minimum Gasteiger partial charge on any atom is -0.462 e. The normalized spacial score (nSPS) is 12.5. The Morgan fingerprint density at radius 1 is 1.03 bits per heavy atom. The molecular weight excluding hydrogens is 455 g/mol. The van der Waals surface area contributed by atoms with Crippen LogP contribution >= 0.6 is 11.6 Å². The van der Waals surface area contributed by atoms with Gasteiger partial charge in [0.15, 0.2) is 0 Å². The molecule has 0 spiro atoms. The number of nitrogens with two attached hydrogens (primary N) is 1. The van der Waals surface area contributed by atoms with Gasteiger partial charge in [0.25, 0.3) is 0 Å². The van der Waals surface area contributed by atoms with Crippen LogP contribution in [0, 0.1) is 0 Å². The van der Waals surface area contributed by atoms with Crippen LogP contribution in [0.2, 0.25) is 5.02 Å². The number of halogens is 4. The maximum absolute atomic E-state index is 13.0. The van der Waals surface area contributed by atoms with E-state index in [1.54, 1.807) is 36.5 Å². The van der Waals surface area contributed by atoms with E-state index in [4.69, 9.17) is 22.1 Å². The van der Waals surface area contributed by atoms with Crippen LogP contribution in [-0.2, 0) is 11.2 Å². The number of pyridine rings is 1. The van der Waals surface area contributed by atoms with Crippen LogP contribution in [0.3, 0.4) is 0 Å². The van der Waals surface area contributed by atoms with Gasteiger partial charge in [-0.3, -0.25) is 4.98 Å². The predicted octanol–water partition coefficient (Wildman–Crippen LogP) is 5.66. The summed E-state index contributed by atoms with van der Waals surface area (Å²) in [5.41, 5.74) is 5.45. The topological polar surface area (TPSA) is 77.6 Å². The Morgan fingerprint density at radius 3 is 2.33 bits per heavy atom. The number of hydrogen-bond donors (Lipinski definition) is 1. The number of para-hydroxylation sites is 1. The number of aromatic nitrogens is 1. The van der Waals surface area contributed by atoms with Gasteiger partial charge in [0.05, 0.1) is 28.6 Å². The summed E-state index contributed by atoms with van der Waals surface area (Å²) in [7, 11) is 0. The Labute approximate surface area is 193 Å². The first-order valence-corrected chi connectivity index (χ1v) is 10.2. The zero-order valence-corrected chi connectivity index (χ0v) is 18.0. The second-order valence-corrected chi connectivity index (χ2v) is 7.24. The van der Waals surface area contributed by atoms with Gasteiger partial charge in [0, 0.05) is 23.9 Å². The smallest absolute Gasteiger partial charge is 0.430 e. The highest BCUT2D eigenvalue weighted by Gasteiger charge is 2.31. The monoisotopic (exact) mass is 473 g/mol. The third-order valence-corrected chi connectivity index (χ3v) is 4.77. The highest BCUT2D eigenvalue weighted by molar-refractivity contribution is 6.33. The Morgan fingerprint density at radius 2 is 1.70 bits per heavy atom. The van der Waals surface area contributed by atoms with Gasteiger partial charge >= 0.3 is 12.1 Å². The quantitative estimate of drug-likeness (QED) is 0.355. The van der Waals surface area contributed by atoms with E-state index in [-0.39, 0.29) is 28.6 Å². The summed E-state index contributed by atoms with van der Waals surface area (Å²) in [4.78, 5) is 20.7. The SMILES string of the molecule is N/C(=C\C(=Nc1ccccc1Cl)c1ccc(C(=O)OCCc2ccccn2)cc1)C(F)(F)F. The lowest BCUT2D eigenvalue weighted by Crippen LogP contribution is -2.21. The summed E-state index contributed by atoms with van der Waals surface area (Å²) in [6.07, 6.45) is -1.89. The number of benzene rings is 2. The number of nitrogens with zero attached hydrogens (tertiary/aromatic N) is 2. The standard InChI is InChI=1S/C24H19ClF3N3O2/c25-19-6-1-2-7-20(19)31-21(15-22(29)24(26,27)28)16-8-10-17(11-9-16)23(32)33-14-12-18-5-3-4-13-30-18/h1-11,13,15H,12,14,29H2/b22-15-,31-21?. The fraction of sp³-hybridized carbons (Fsp3) is 0.125. The molecule has 9 heteroatoms. The molecule has 5 nitrogen and oxygen atoms in total. The van der Waals surface area contributed by atoms with E-state index in [9.17, 15) is 18.0 Å². The first-order valence-electron chi connectivity index (χ1n) is 9.79. The van der Waals surface area contributed by atoms with E-state index in [2.05, 4.69) is 9.98 Å². The van der Waals surface area contributed by atoms with Crippen LogP contribution in [0.25, 0.3) is 0 Å². The molecule has 0 bridgehead atoms. The molecule has 0 fully saturated rings. The lowest BCUT2D eigenvalue weighted by Gasteiger charge is -2.10. The number of hydrogen-bond acceptors (Lipinski definition) is 5. The first-order chi connectivity index (χ1) is 15.7. The van der Waals surface area contributed by atoms with E-state index in [1.807, 2.05) is 12.1 Å². The van der Waals surface area contributed by atoms with Gasteiger partial charge in [-0.15, -0.1) is 0 Å². The molecule has 0 amide bonds. The van der Waals surface area contributed by atoms with Crippen LogP contribution in [-0.4, -0.2) is 29.4 Å². The number of carbonyl (C=O) groups excluding carboxylic acids is 1. The Balaban J connectivity index is 1.80. The van der Waals surface area contributed by atoms with Crippen molar-refractivity contribution in [3.05, 3.63) is 107 Å². The third kappa shape index (κ3) is 6.92. The number of aliphatic imine (C=N–C) groups is 1. The fourth-order valence-corrected chi connectivity index (χ4v) is 2.91. The summed E-state index contributed by atoms with van der Waals surface area (Å²) in [6.45, 7) is 0.141. The molecule has 3 rings (SSSR count). The number of esters is 1. The van der Waals surface area contributed by atoms with Gasteiger partial charge in [0.2, 0.25) is 0 Å². The van der Waals surface area contributed by atoms with Crippen LogP contribution < -0.4 is 5.73 Å². The van der Waals surface area contributed by atoms with Crippen LogP contribution in [0.1, 0.15) is 21.6 Å². The molecule has 1 heterocycles. The van der Waals surface area contributed by atoms with E-state index < -0.39 is 17.8 Å². The first kappa shape index (κ1) is 24.0. The molecule has 0 saturated heterocycles. The molecule has 0 aliphatic rings. The summed E-state index contributed by atoms with van der Waals surface area (Å²) in [5, 5.41) is 0.266. The minimum absolute atomic E-state index is 0.0620. The largest absolute Gasteiger partial charge is 0.462 e. The number of carbonyl (C=O) groups is 1. The number of rotatable bonds is 7. The summed E-state index contributed by atoms with van der Waals surface area (Å²) in [6, 6.07) is 17.7. The summed E-state index contributed by atoms with van der Waals surface area (Å²) in [5.74, 6) is -0.563. The van der Waals surface area contributed by atoms with Crippen LogP contribution in [0.5, 0.6) is 0 Å². The van der Waals surface area contributed by atoms with Gasteiger partial charge < -0.3 is 10.5 Å². The van der Waals surface area contributed by atoms with Gasteiger partial charge in [0.1, 0.15) is 5.70 Å². The van der Waals surface area contributed by atoms with E-state index in [0.29, 0.717) is 12.0 Å². The maximum Gasteiger partial charge on any atom is 0.430 e. The highest BCUT2D eigenvalue weighted by atomic mass is 35.5. The predicted molar refractivity (Wildman–Crippen MR) is 121 cm³/mol. The van der Waals surface area contributed by atoms with Crippen molar-refractivity contribution < 1.29 is 22.7 Å². The molecule has 1 aromatic heterocycles. The van der Waals surface area contributed by atoms with Crippen molar-refractivity contribution in [2.24, 2.45) is 10.7 Å². The molecule has 0 radical (unpaired) electrons. The van der Waals surface area contributed by atoms with Crippen LogP contribution in [0.15, 0.2) is 89.7 Å². The average Bonchev–Trinajstić information content (AvgIpc) is 2.80. The third-order valence-electron chi connectivity index (χ3n) is 4.45. The van der Waals surface area contributed by atoms with E-state index in [1.165, 1.54) is 24.3 Å². The number of alkyl halides is 3. The van der Waals surface area contributed by atoms with Crippen molar-refractivity contribution in [2.75, 3.05) is 6.61 Å². The molecular formula is C24H19ClF3N3O2. The van der Waals surface area contributed by atoms with Gasteiger partial charge in [-0.25, -0.2) is 9.79 Å². The summed E-state index contributed by atoms with van der Waals surface area (Å²) < 4.78 is 44.3. The van der Waals surface area contributed by atoms with Crippen molar-refractivity contribution in [1.82, 2.24) is 4.98 Å². The Bertz CT molecular complexity index is 1160. The van der Waals surface area contributed by atoms with Gasteiger partial charge in [-0.1, -0.05) is 41.9 Å². The molecule has 3 aromatic rings. The van der Waals surface area contributed by atoms with Gasteiger partial charge in [-0.2, -0.15) is 13.2 Å². The van der Waals surface area contributed by atoms with Crippen molar-refractivity contribution >= 4 is 29.0 Å². The Kier molecular flexibility index (Phi) is 7.84. The van der Waals surface area contributed by atoms with Gasteiger partial charge in [-0.05, 0) is 42.5 Å². The second kappa shape index (κ2) is 10.8. The maximum atomic E-state index is 13.0.